The van der Waals surface area contributed by atoms with Crippen LogP contribution in [0.3, 0.4) is 0 Å². The summed E-state index contributed by atoms with van der Waals surface area (Å²) in [6, 6.07) is 13.6. The summed E-state index contributed by atoms with van der Waals surface area (Å²) in [5.74, 6) is 0. The van der Waals surface area contributed by atoms with Gasteiger partial charge < -0.3 is 9.88 Å². The van der Waals surface area contributed by atoms with Gasteiger partial charge in [0.2, 0.25) is 0 Å². The van der Waals surface area contributed by atoms with E-state index in [-0.39, 0.29) is 0 Å². The molecular formula is C17H24N2. The third-order valence-corrected chi connectivity index (χ3v) is 3.74. The Kier molecular flexibility index (Phi) is 4.80. The average molecular weight is 256 g/mol. The highest BCUT2D eigenvalue weighted by Crippen LogP contribution is 2.14. The fourth-order valence-corrected chi connectivity index (χ4v) is 2.34. The summed E-state index contributed by atoms with van der Waals surface area (Å²) in [5.41, 5.74) is 4.10. The minimum atomic E-state index is 0.381. The van der Waals surface area contributed by atoms with E-state index in [9.17, 15) is 0 Å². The maximum absolute atomic E-state index is 3.59. The predicted molar refractivity (Wildman–Crippen MR) is 81.2 cm³/mol. The van der Waals surface area contributed by atoms with Gasteiger partial charge in [0.25, 0.3) is 0 Å². The van der Waals surface area contributed by atoms with Gasteiger partial charge >= 0.3 is 0 Å². The van der Waals surface area contributed by atoms with E-state index in [0.29, 0.717) is 6.04 Å². The second-order valence-corrected chi connectivity index (χ2v) is 4.98. The average Bonchev–Trinajstić information content (AvgIpc) is 2.92. The molecule has 2 rings (SSSR count). The molecule has 0 bridgehead atoms. The van der Waals surface area contributed by atoms with Gasteiger partial charge in [-0.25, -0.2) is 0 Å². The van der Waals surface area contributed by atoms with Crippen molar-refractivity contribution in [3.63, 3.8) is 0 Å². The highest BCUT2D eigenvalue weighted by atomic mass is 15.0. The van der Waals surface area contributed by atoms with Crippen LogP contribution >= 0.6 is 0 Å². The first-order valence-corrected chi connectivity index (χ1v) is 7.20. The number of aryl methyl sites for hydroxylation is 2. The van der Waals surface area contributed by atoms with Crippen molar-refractivity contribution in [2.45, 2.75) is 46.3 Å². The number of benzene rings is 1. The predicted octanol–water partition coefficient (Wildman–Crippen LogP) is 3.92. The first kappa shape index (κ1) is 13.9. The zero-order chi connectivity index (χ0) is 13.7. The van der Waals surface area contributed by atoms with Crippen molar-refractivity contribution < 1.29 is 0 Å². The second-order valence-electron chi connectivity index (χ2n) is 4.98. The molecule has 0 aliphatic carbocycles. The van der Waals surface area contributed by atoms with E-state index in [1.165, 1.54) is 16.8 Å². The molecule has 102 valence electrons. The van der Waals surface area contributed by atoms with Gasteiger partial charge in [0, 0.05) is 31.0 Å². The Labute approximate surface area is 116 Å². The summed E-state index contributed by atoms with van der Waals surface area (Å²) in [5, 5.41) is 3.59. The van der Waals surface area contributed by atoms with Gasteiger partial charge in [-0.15, -0.1) is 0 Å². The van der Waals surface area contributed by atoms with Crippen LogP contribution in [0.25, 0.3) is 0 Å². The van der Waals surface area contributed by atoms with Crippen molar-refractivity contribution >= 4 is 0 Å². The van der Waals surface area contributed by atoms with Crippen LogP contribution in [0, 0.1) is 0 Å². The van der Waals surface area contributed by atoms with Crippen molar-refractivity contribution in [1.29, 1.82) is 0 Å². The fourth-order valence-electron chi connectivity index (χ4n) is 2.34. The Morgan fingerprint density at radius 2 is 1.84 bits per heavy atom. The van der Waals surface area contributed by atoms with E-state index in [2.05, 4.69) is 73.3 Å². The van der Waals surface area contributed by atoms with E-state index in [4.69, 9.17) is 0 Å². The van der Waals surface area contributed by atoms with Crippen molar-refractivity contribution in [1.82, 2.24) is 9.88 Å². The lowest BCUT2D eigenvalue weighted by Gasteiger charge is -2.15. The molecule has 0 saturated heterocycles. The van der Waals surface area contributed by atoms with Gasteiger partial charge in [0.1, 0.15) is 0 Å². The zero-order valence-corrected chi connectivity index (χ0v) is 12.2. The summed E-state index contributed by atoms with van der Waals surface area (Å²) in [4.78, 5) is 0. The number of aromatic nitrogens is 1. The molecule has 1 aromatic heterocycles. The quantitative estimate of drug-likeness (QED) is 0.829. The van der Waals surface area contributed by atoms with E-state index >= 15 is 0 Å². The van der Waals surface area contributed by atoms with E-state index in [1.54, 1.807) is 0 Å². The Balaban J connectivity index is 1.95. The van der Waals surface area contributed by atoms with Crippen LogP contribution in [0.5, 0.6) is 0 Å². The topological polar surface area (TPSA) is 17.0 Å². The van der Waals surface area contributed by atoms with Crippen molar-refractivity contribution in [2.24, 2.45) is 0 Å². The molecule has 19 heavy (non-hydrogen) atoms. The molecule has 0 radical (unpaired) electrons. The van der Waals surface area contributed by atoms with Crippen LogP contribution < -0.4 is 5.32 Å². The van der Waals surface area contributed by atoms with Crippen LogP contribution in [0.2, 0.25) is 0 Å². The Morgan fingerprint density at radius 1 is 1.11 bits per heavy atom. The largest absolute Gasteiger partial charge is 0.351 e. The molecule has 0 amide bonds. The molecule has 0 aliphatic rings. The van der Waals surface area contributed by atoms with E-state index in [1.807, 2.05) is 0 Å². The molecule has 0 aliphatic heterocycles. The lowest BCUT2D eigenvalue weighted by atomic mass is 10.0. The van der Waals surface area contributed by atoms with Gasteiger partial charge in [-0.3, -0.25) is 0 Å². The van der Waals surface area contributed by atoms with Gasteiger partial charge in [-0.05, 0) is 43.5 Å². The molecule has 2 heteroatoms. The maximum atomic E-state index is 3.59. The standard InChI is InChI=1S/C17H24N2/c1-4-15-8-10-16(11-9-15)14(3)18-13-17-7-6-12-19(17)5-2/h6-12,14,18H,4-5,13H2,1-3H3. The zero-order valence-electron chi connectivity index (χ0n) is 12.2. The fraction of sp³-hybridized carbons (Fsp3) is 0.412. The van der Waals surface area contributed by atoms with E-state index < -0.39 is 0 Å². The number of nitrogens with one attached hydrogen (secondary N) is 1. The molecule has 1 heterocycles. The second kappa shape index (κ2) is 6.58. The normalized spacial score (nSPS) is 12.6. The van der Waals surface area contributed by atoms with Gasteiger partial charge in [-0.1, -0.05) is 31.2 Å². The minimum Gasteiger partial charge on any atom is -0.351 e. The Bertz CT molecular complexity index is 496. The minimum absolute atomic E-state index is 0.381. The van der Waals surface area contributed by atoms with Crippen LogP contribution in [-0.2, 0) is 19.5 Å². The molecule has 0 saturated carbocycles. The van der Waals surface area contributed by atoms with Gasteiger partial charge in [0.05, 0.1) is 0 Å². The number of nitrogens with zero attached hydrogens (tertiary/aromatic N) is 1. The molecule has 2 nitrogen and oxygen atoms in total. The number of hydrogen-bond acceptors (Lipinski definition) is 1. The monoisotopic (exact) mass is 256 g/mol. The Hall–Kier alpha value is -1.54. The van der Waals surface area contributed by atoms with Crippen LogP contribution in [-0.4, -0.2) is 4.57 Å². The lowest BCUT2D eigenvalue weighted by Crippen LogP contribution is -2.19. The molecular weight excluding hydrogens is 232 g/mol. The molecule has 0 fully saturated rings. The van der Waals surface area contributed by atoms with Crippen molar-refractivity contribution in [3.8, 4) is 0 Å². The smallest absolute Gasteiger partial charge is 0.0364 e. The number of rotatable bonds is 6. The molecule has 1 atom stereocenters. The maximum Gasteiger partial charge on any atom is 0.0364 e. The number of hydrogen-bond donors (Lipinski definition) is 1. The molecule has 1 N–H and O–H groups in total. The summed E-state index contributed by atoms with van der Waals surface area (Å²) >= 11 is 0. The van der Waals surface area contributed by atoms with Gasteiger partial charge in [-0.2, -0.15) is 0 Å². The van der Waals surface area contributed by atoms with Crippen LogP contribution in [0.1, 0.15) is 43.6 Å². The first-order chi connectivity index (χ1) is 9.24. The molecule has 2 aromatic rings. The summed E-state index contributed by atoms with van der Waals surface area (Å²) in [7, 11) is 0. The molecule has 1 aromatic carbocycles. The highest BCUT2D eigenvalue weighted by molar-refractivity contribution is 5.24. The van der Waals surface area contributed by atoms with Gasteiger partial charge in [0.15, 0.2) is 0 Å². The molecule has 0 spiro atoms. The van der Waals surface area contributed by atoms with Crippen LogP contribution in [0.4, 0.5) is 0 Å². The van der Waals surface area contributed by atoms with Crippen molar-refractivity contribution in [3.05, 3.63) is 59.4 Å². The van der Waals surface area contributed by atoms with E-state index in [0.717, 1.165) is 19.5 Å². The van der Waals surface area contributed by atoms with Crippen molar-refractivity contribution in [2.75, 3.05) is 0 Å². The summed E-state index contributed by atoms with van der Waals surface area (Å²) < 4.78 is 2.28. The lowest BCUT2D eigenvalue weighted by molar-refractivity contribution is 0.549. The highest BCUT2D eigenvalue weighted by Gasteiger charge is 2.06. The summed E-state index contributed by atoms with van der Waals surface area (Å²) in [6.45, 7) is 8.54. The summed E-state index contributed by atoms with van der Waals surface area (Å²) in [6.07, 6.45) is 3.24. The Morgan fingerprint density at radius 3 is 2.47 bits per heavy atom. The third kappa shape index (κ3) is 3.48. The van der Waals surface area contributed by atoms with Crippen LogP contribution in [0.15, 0.2) is 42.6 Å². The SMILES string of the molecule is CCc1ccc(C(C)NCc2cccn2CC)cc1. The molecule has 1 unspecified atom stereocenters. The first-order valence-electron chi connectivity index (χ1n) is 7.20. The third-order valence-electron chi connectivity index (χ3n) is 3.74.